The summed E-state index contributed by atoms with van der Waals surface area (Å²) in [6, 6.07) is -0.707. The van der Waals surface area contributed by atoms with E-state index in [1.807, 2.05) is 19.2 Å². The van der Waals surface area contributed by atoms with E-state index in [1.165, 1.54) is 25.4 Å². The summed E-state index contributed by atoms with van der Waals surface area (Å²) in [5, 5.41) is 8.58. The van der Waals surface area contributed by atoms with E-state index in [2.05, 4.69) is 20.4 Å². The van der Waals surface area contributed by atoms with Crippen LogP contribution in [0.4, 0.5) is 0 Å². The predicted octanol–water partition coefficient (Wildman–Crippen LogP) is 0.645. The Bertz CT molecular complexity index is 431. The van der Waals surface area contributed by atoms with Gasteiger partial charge in [-0.1, -0.05) is 0 Å². The fourth-order valence-corrected chi connectivity index (χ4v) is 2.28. The average molecular weight is 285 g/mol. The largest absolute Gasteiger partial charge is 0.467 e. The Balaban J connectivity index is 2.65. The van der Waals surface area contributed by atoms with E-state index in [0.29, 0.717) is 0 Å². The molecule has 0 aliphatic heterocycles. The van der Waals surface area contributed by atoms with Crippen LogP contribution in [0.3, 0.4) is 0 Å². The molecule has 0 aliphatic carbocycles. The average Bonchev–Trinajstić information content (AvgIpc) is 2.87. The molecule has 6 nitrogen and oxygen atoms in total. The summed E-state index contributed by atoms with van der Waals surface area (Å²) in [6.45, 7) is 5.57. The van der Waals surface area contributed by atoms with Crippen molar-refractivity contribution in [3.63, 3.8) is 0 Å². The van der Waals surface area contributed by atoms with Crippen LogP contribution in [0.15, 0.2) is 11.6 Å². The number of hydrogen-bond donors (Lipinski definition) is 2. The molecule has 1 aromatic rings. The maximum absolute atomic E-state index is 11.6. The van der Waals surface area contributed by atoms with Crippen LogP contribution < -0.4 is 10.6 Å². The smallest absolute Gasteiger partial charge is 0.329 e. The first-order chi connectivity index (χ1) is 8.86. The Labute approximate surface area is 116 Å². The monoisotopic (exact) mass is 285 g/mol. The summed E-state index contributed by atoms with van der Waals surface area (Å²) in [5.41, 5.74) is -0.376. The number of thiazole rings is 1. The highest BCUT2D eigenvalue weighted by Gasteiger charge is 2.27. The van der Waals surface area contributed by atoms with Crippen molar-refractivity contribution in [2.24, 2.45) is 0 Å². The number of hydrogen-bond acceptors (Lipinski definition) is 6. The van der Waals surface area contributed by atoms with Gasteiger partial charge in [-0.05, 0) is 13.8 Å². The van der Waals surface area contributed by atoms with Gasteiger partial charge < -0.3 is 15.4 Å². The van der Waals surface area contributed by atoms with Crippen LogP contribution in [0.25, 0.3) is 0 Å². The molecule has 1 rings (SSSR count). The second-order valence-corrected chi connectivity index (χ2v) is 5.51. The lowest BCUT2D eigenvalue weighted by Gasteiger charge is -2.26. The molecule has 7 heteroatoms. The molecular formula is C12H19N3O3S. The minimum atomic E-state index is -0.707. The molecule has 2 N–H and O–H groups in total. The van der Waals surface area contributed by atoms with Gasteiger partial charge in [-0.2, -0.15) is 0 Å². The standard InChI is InChI=1S/C12H19N3O3S/c1-8(16)15-9(10(17)18-4)7-14-12(2,3)11-13-5-6-19-11/h5-6,9,14H,7H2,1-4H3,(H,15,16). The number of methoxy groups -OCH3 is 1. The number of nitrogens with one attached hydrogen (secondary N) is 2. The van der Waals surface area contributed by atoms with Crippen molar-refractivity contribution < 1.29 is 14.3 Å². The molecule has 19 heavy (non-hydrogen) atoms. The molecule has 0 bridgehead atoms. The van der Waals surface area contributed by atoms with Gasteiger partial charge in [0.25, 0.3) is 0 Å². The molecule has 0 aromatic carbocycles. The van der Waals surface area contributed by atoms with Gasteiger partial charge >= 0.3 is 5.97 Å². The van der Waals surface area contributed by atoms with Gasteiger partial charge in [0.2, 0.25) is 5.91 Å². The number of esters is 1. The number of carbonyl (C=O) groups excluding carboxylic acids is 2. The van der Waals surface area contributed by atoms with E-state index in [9.17, 15) is 9.59 Å². The van der Waals surface area contributed by atoms with Gasteiger partial charge in [-0.3, -0.25) is 4.79 Å². The third kappa shape index (κ3) is 4.60. The van der Waals surface area contributed by atoms with Crippen molar-refractivity contribution in [1.82, 2.24) is 15.6 Å². The Morgan fingerprint density at radius 2 is 2.21 bits per heavy atom. The summed E-state index contributed by atoms with van der Waals surface area (Å²) in [5.74, 6) is -0.748. The van der Waals surface area contributed by atoms with Crippen LogP contribution in [-0.4, -0.2) is 36.6 Å². The van der Waals surface area contributed by atoms with Crippen LogP contribution in [0, 0.1) is 0 Å². The van der Waals surface area contributed by atoms with Crippen molar-refractivity contribution in [3.05, 3.63) is 16.6 Å². The third-order valence-corrected chi connectivity index (χ3v) is 3.68. The van der Waals surface area contributed by atoms with E-state index in [-0.39, 0.29) is 18.0 Å². The molecule has 0 radical (unpaired) electrons. The summed E-state index contributed by atoms with van der Waals surface area (Å²) < 4.78 is 4.66. The molecule has 1 heterocycles. The molecule has 106 valence electrons. The highest BCUT2D eigenvalue weighted by molar-refractivity contribution is 7.09. The summed E-state index contributed by atoms with van der Waals surface area (Å²) >= 11 is 1.53. The Hall–Kier alpha value is -1.47. The van der Waals surface area contributed by atoms with E-state index >= 15 is 0 Å². The lowest BCUT2D eigenvalue weighted by molar-refractivity contribution is -0.144. The SMILES string of the molecule is COC(=O)C(CNC(C)(C)c1nccs1)NC(C)=O. The second kappa shape index (κ2) is 6.63. The van der Waals surface area contributed by atoms with Gasteiger partial charge in [0.05, 0.1) is 12.6 Å². The first kappa shape index (κ1) is 15.6. The van der Waals surface area contributed by atoms with Crippen molar-refractivity contribution in [2.45, 2.75) is 32.4 Å². The zero-order chi connectivity index (χ0) is 14.5. The second-order valence-electron chi connectivity index (χ2n) is 4.62. The van der Waals surface area contributed by atoms with Crippen LogP contribution in [-0.2, 0) is 19.9 Å². The van der Waals surface area contributed by atoms with Crippen molar-refractivity contribution >= 4 is 23.2 Å². The number of amides is 1. The molecule has 1 unspecified atom stereocenters. The van der Waals surface area contributed by atoms with Gasteiger partial charge in [-0.25, -0.2) is 9.78 Å². The highest BCUT2D eigenvalue weighted by Crippen LogP contribution is 2.21. The van der Waals surface area contributed by atoms with Gasteiger partial charge in [-0.15, -0.1) is 11.3 Å². The molecule has 0 saturated carbocycles. The predicted molar refractivity (Wildman–Crippen MR) is 72.8 cm³/mol. The Morgan fingerprint density at radius 1 is 1.53 bits per heavy atom. The maximum Gasteiger partial charge on any atom is 0.329 e. The highest BCUT2D eigenvalue weighted by atomic mass is 32.1. The van der Waals surface area contributed by atoms with Crippen LogP contribution in [0.2, 0.25) is 0 Å². The molecule has 0 fully saturated rings. The maximum atomic E-state index is 11.6. The number of ether oxygens (including phenoxy) is 1. The molecule has 1 amide bonds. The Kier molecular flexibility index (Phi) is 5.44. The lowest BCUT2D eigenvalue weighted by atomic mass is 10.1. The van der Waals surface area contributed by atoms with Crippen molar-refractivity contribution in [1.29, 1.82) is 0 Å². The topological polar surface area (TPSA) is 80.3 Å². The van der Waals surface area contributed by atoms with E-state index in [0.717, 1.165) is 5.01 Å². The number of carbonyl (C=O) groups is 2. The number of rotatable bonds is 6. The molecule has 0 saturated heterocycles. The molecular weight excluding hydrogens is 266 g/mol. The quantitative estimate of drug-likeness (QED) is 0.750. The zero-order valence-electron chi connectivity index (χ0n) is 11.5. The van der Waals surface area contributed by atoms with Crippen molar-refractivity contribution in [2.75, 3.05) is 13.7 Å². The van der Waals surface area contributed by atoms with Gasteiger partial charge in [0.15, 0.2) is 0 Å². The fourth-order valence-electron chi connectivity index (χ4n) is 1.55. The lowest BCUT2D eigenvalue weighted by Crippen LogP contribution is -2.51. The molecule has 0 spiro atoms. The molecule has 1 atom stereocenters. The molecule has 1 aromatic heterocycles. The minimum Gasteiger partial charge on any atom is -0.467 e. The first-order valence-electron chi connectivity index (χ1n) is 5.86. The third-order valence-electron chi connectivity index (χ3n) is 2.58. The summed E-state index contributed by atoms with van der Waals surface area (Å²) in [4.78, 5) is 26.9. The van der Waals surface area contributed by atoms with E-state index in [4.69, 9.17) is 0 Å². The van der Waals surface area contributed by atoms with Gasteiger partial charge in [0, 0.05) is 25.0 Å². The van der Waals surface area contributed by atoms with Gasteiger partial charge in [0.1, 0.15) is 11.0 Å². The molecule has 0 aliphatic rings. The minimum absolute atomic E-state index is 0.274. The van der Waals surface area contributed by atoms with Crippen LogP contribution in [0.5, 0.6) is 0 Å². The van der Waals surface area contributed by atoms with E-state index in [1.54, 1.807) is 6.20 Å². The zero-order valence-corrected chi connectivity index (χ0v) is 12.3. The van der Waals surface area contributed by atoms with Crippen LogP contribution in [0.1, 0.15) is 25.8 Å². The first-order valence-corrected chi connectivity index (χ1v) is 6.74. The van der Waals surface area contributed by atoms with Crippen molar-refractivity contribution in [3.8, 4) is 0 Å². The Morgan fingerprint density at radius 3 is 2.68 bits per heavy atom. The summed E-state index contributed by atoms with van der Waals surface area (Å²) in [6.07, 6.45) is 1.73. The normalized spacial score (nSPS) is 12.8. The van der Waals surface area contributed by atoms with Crippen LogP contribution >= 0.6 is 11.3 Å². The fraction of sp³-hybridized carbons (Fsp3) is 0.583. The number of aromatic nitrogens is 1. The van der Waals surface area contributed by atoms with E-state index < -0.39 is 12.0 Å². The summed E-state index contributed by atoms with van der Waals surface area (Å²) in [7, 11) is 1.29. The number of nitrogens with zero attached hydrogens (tertiary/aromatic N) is 1.